The number of aromatic nitrogens is 1. The lowest BCUT2D eigenvalue weighted by atomic mass is 10.1. The van der Waals surface area contributed by atoms with E-state index in [4.69, 9.17) is 0 Å². The van der Waals surface area contributed by atoms with Gasteiger partial charge in [-0.25, -0.2) is 4.98 Å². The third-order valence-corrected chi connectivity index (χ3v) is 3.27. The molecule has 6 heteroatoms. The average molecular weight is 303 g/mol. The van der Waals surface area contributed by atoms with Crippen molar-refractivity contribution in [3.8, 4) is 0 Å². The predicted molar refractivity (Wildman–Crippen MR) is 79.7 cm³/mol. The Morgan fingerprint density at radius 3 is 2.52 bits per heavy atom. The molecule has 1 N–H and O–H groups in total. The van der Waals surface area contributed by atoms with Gasteiger partial charge in [0.15, 0.2) is 0 Å². The zero-order valence-electron chi connectivity index (χ0n) is 13.1. The molecule has 3 nitrogen and oxygen atoms in total. The molecule has 0 radical (unpaired) electrons. The van der Waals surface area contributed by atoms with Gasteiger partial charge in [0.2, 0.25) is 0 Å². The molecule has 120 valence electrons. The number of halogens is 3. The number of alkyl halides is 3. The van der Waals surface area contributed by atoms with E-state index in [-0.39, 0.29) is 6.54 Å². The van der Waals surface area contributed by atoms with E-state index in [9.17, 15) is 13.2 Å². The van der Waals surface area contributed by atoms with Crippen LogP contribution in [0.4, 0.5) is 19.0 Å². The highest BCUT2D eigenvalue weighted by atomic mass is 19.4. The van der Waals surface area contributed by atoms with Crippen LogP contribution in [0.5, 0.6) is 0 Å². The molecule has 0 saturated heterocycles. The summed E-state index contributed by atoms with van der Waals surface area (Å²) in [4.78, 5) is 6.03. The second kappa shape index (κ2) is 7.64. The summed E-state index contributed by atoms with van der Waals surface area (Å²) in [7, 11) is 1.66. The molecule has 0 bridgehead atoms. The van der Waals surface area contributed by atoms with Crippen LogP contribution in [0.15, 0.2) is 6.07 Å². The van der Waals surface area contributed by atoms with Crippen LogP contribution < -0.4 is 10.2 Å². The van der Waals surface area contributed by atoms with E-state index in [1.165, 1.54) is 0 Å². The van der Waals surface area contributed by atoms with Gasteiger partial charge >= 0.3 is 6.18 Å². The predicted octanol–water partition coefficient (Wildman–Crippen LogP) is 3.59. The van der Waals surface area contributed by atoms with Gasteiger partial charge in [-0.2, -0.15) is 13.2 Å². The molecule has 0 aliphatic rings. The molecule has 0 aliphatic carbocycles. The molecule has 1 aromatic rings. The van der Waals surface area contributed by atoms with E-state index < -0.39 is 12.6 Å². The summed E-state index contributed by atoms with van der Waals surface area (Å²) in [5.74, 6) is 0.639. The third-order valence-electron chi connectivity index (χ3n) is 3.27. The van der Waals surface area contributed by atoms with Crippen LogP contribution in [0, 0.1) is 13.8 Å². The maximum absolute atomic E-state index is 12.4. The molecule has 1 rings (SSSR count). The Balaban J connectivity index is 2.91. The number of pyridine rings is 1. The minimum Gasteiger partial charge on any atom is -0.359 e. The van der Waals surface area contributed by atoms with Crippen molar-refractivity contribution in [1.29, 1.82) is 0 Å². The van der Waals surface area contributed by atoms with Crippen molar-refractivity contribution >= 4 is 5.82 Å². The summed E-state index contributed by atoms with van der Waals surface area (Å²) in [6.45, 7) is 7.32. The first-order valence-electron chi connectivity index (χ1n) is 7.20. The van der Waals surface area contributed by atoms with E-state index in [1.807, 2.05) is 19.9 Å². The van der Waals surface area contributed by atoms with Gasteiger partial charge in [0, 0.05) is 31.4 Å². The first kappa shape index (κ1) is 17.8. The maximum atomic E-state index is 12.4. The summed E-state index contributed by atoms with van der Waals surface area (Å²) < 4.78 is 37.1. The monoisotopic (exact) mass is 303 g/mol. The van der Waals surface area contributed by atoms with Crippen LogP contribution in [-0.4, -0.2) is 31.3 Å². The van der Waals surface area contributed by atoms with Crippen LogP contribution >= 0.6 is 0 Å². The molecule has 0 unspecified atom stereocenters. The number of rotatable bonds is 7. The van der Waals surface area contributed by atoms with E-state index in [2.05, 4.69) is 17.2 Å². The van der Waals surface area contributed by atoms with Gasteiger partial charge < -0.3 is 10.2 Å². The van der Waals surface area contributed by atoms with Gasteiger partial charge in [0.05, 0.1) is 6.42 Å². The van der Waals surface area contributed by atoms with E-state index >= 15 is 0 Å². The lowest BCUT2D eigenvalue weighted by molar-refractivity contribution is -0.132. The number of hydrogen-bond donors (Lipinski definition) is 1. The Hall–Kier alpha value is -1.30. The molecule has 0 aromatic carbocycles. The van der Waals surface area contributed by atoms with Crippen molar-refractivity contribution in [2.75, 3.05) is 25.0 Å². The zero-order valence-corrected chi connectivity index (χ0v) is 13.1. The Kier molecular flexibility index (Phi) is 6.45. The van der Waals surface area contributed by atoms with Crippen LogP contribution in [0.2, 0.25) is 0 Å². The minimum atomic E-state index is -4.15. The minimum absolute atomic E-state index is 0.0832. The quantitative estimate of drug-likeness (QED) is 0.780. The molecule has 0 amide bonds. The molecule has 1 aromatic heterocycles. The fourth-order valence-electron chi connectivity index (χ4n) is 2.17. The largest absolute Gasteiger partial charge is 0.390 e. The molecular formula is C15H24F3N3. The second-order valence-corrected chi connectivity index (χ2v) is 5.35. The fraction of sp³-hybridized carbons (Fsp3) is 0.667. The summed E-state index contributed by atoms with van der Waals surface area (Å²) >= 11 is 0. The first-order chi connectivity index (χ1) is 9.74. The van der Waals surface area contributed by atoms with Crippen molar-refractivity contribution in [3.05, 3.63) is 22.9 Å². The highest BCUT2D eigenvalue weighted by molar-refractivity contribution is 5.51. The second-order valence-electron chi connectivity index (χ2n) is 5.35. The van der Waals surface area contributed by atoms with Crippen molar-refractivity contribution < 1.29 is 13.2 Å². The molecule has 0 fully saturated rings. The number of hydrogen-bond acceptors (Lipinski definition) is 3. The summed E-state index contributed by atoms with van der Waals surface area (Å²) in [6.07, 6.45) is -3.97. The van der Waals surface area contributed by atoms with Crippen molar-refractivity contribution in [1.82, 2.24) is 10.3 Å². The highest BCUT2D eigenvalue weighted by Crippen LogP contribution is 2.25. The van der Waals surface area contributed by atoms with Crippen molar-refractivity contribution in [2.24, 2.45) is 0 Å². The van der Waals surface area contributed by atoms with Crippen molar-refractivity contribution in [3.63, 3.8) is 0 Å². The summed E-state index contributed by atoms with van der Waals surface area (Å²) in [5, 5.41) is 3.29. The Labute approximate surface area is 124 Å². The Bertz CT molecular complexity index is 458. The topological polar surface area (TPSA) is 28.2 Å². The van der Waals surface area contributed by atoms with Gasteiger partial charge in [-0.15, -0.1) is 0 Å². The maximum Gasteiger partial charge on any atom is 0.390 e. The number of nitrogens with one attached hydrogen (secondary N) is 1. The summed E-state index contributed by atoms with van der Waals surface area (Å²) in [5.41, 5.74) is 2.85. The van der Waals surface area contributed by atoms with E-state index in [0.717, 1.165) is 29.8 Å². The summed E-state index contributed by atoms with van der Waals surface area (Å²) in [6, 6.07) is 1.96. The van der Waals surface area contributed by atoms with Crippen LogP contribution in [0.3, 0.4) is 0 Å². The molecule has 1 heterocycles. The van der Waals surface area contributed by atoms with Gasteiger partial charge in [0.25, 0.3) is 0 Å². The van der Waals surface area contributed by atoms with Gasteiger partial charge in [0.1, 0.15) is 5.82 Å². The molecule has 21 heavy (non-hydrogen) atoms. The standard InChI is InChI=1S/C15H24F3N3/c1-5-7-19-10-13-11(2)9-12(3)20-14(13)21(4)8-6-15(16,17)18/h9,19H,5-8,10H2,1-4H3. The number of nitrogens with zero attached hydrogens (tertiary/aromatic N) is 2. The molecule has 0 spiro atoms. The lowest BCUT2D eigenvalue weighted by Gasteiger charge is -2.24. The van der Waals surface area contributed by atoms with Gasteiger partial charge in [-0.1, -0.05) is 6.92 Å². The molecule has 0 saturated carbocycles. The fourth-order valence-corrected chi connectivity index (χ4v) is 2.17. The highest BCUT2D eigenvalue weighted by Gasteiger charge is 2.27. The first-order valence-corrected chi connectivity index (χ1v) is 7.20. The Morgan fingerprint density at radius 1 is 1.29 bits per heavy atom. The average Bonchev–Trinajstić information content (AvgIpc) is 2.37. The zero-order chi connectivity index (χ0) is 16.0. The Morgan fingerprint density at radius 2 is 1.95 bits per heavy atom. The number of aryl methyl sites for hydroxylation is 2. The third kappa shape index (κ3) is 5.91. The number of anilines is 1. The molecular weight excluding hydrogens is 279 g/mol. The van der Waals surface area contributed by atoms with Crippen molar-refractivity contribution in [2.45, 2.75) is 46.3 Å². The van der Waals surface area contributed by atoms with Crippen LogP contribution in [-0.2, 0) is 6.54 Å². The van der Waals surface area contributed by atoms with Gasteiger partial charge in [-0.3, -0.25) is 0 Å². The normalized spacial score (nSPS) is 11.8. The van der Waals surface area contributed by atoms with Gasteiger partial charge in [-0.05, 0) is 38.4 Å². The lowest BCUT2D eigenvalue weighted by Crippen LogP contribution is -2.27. The SMILES string of the molecule is CCCNCc1c(C)cc(C)nc1N(C)CCC(F)(F)F. The van der Waals surface area contributed by atoms with E-state index in [0.29, 0.717) is 12.4 Å². The molecule has 0 atom stereocenters. The molecule has 0 aliphatic heterocycles. The van der Waals surface area contributed by atoms with Crippen LogP contribution in [0.25, 0.3) is 0 Å². The van der Waals surface area contributed by atoms with Crippen LogP contribution in [0.1, 0.15) is 36.6 Å². The van der Waals surface area contributed by atoms with E-state index in [1.54, 1.807) is 11.9 Å². The smallest absolute Gasteiger partial charge is 0.359 e.